The molecule has 0 spiro atoms. The second kappa shape index (κ2) is 7.90. The second-order valence-corrected chi connectivity index (χ2v) is 5.80. The predicted octanol–water partition coefficient (Wildman–Crippen LogP) is 2.67. The minimum atomic E-state index is -0.800. The lowest BCUT2D eigenvalue weighted by Crippen LogP contribution is -2.29. The summed E-state index contributed by atoms with van der Waals surface area (Å²) in [5.74, 6) is 1.55. The molecule has 0 aliphatic carbocycles. The lowest BCUT2D eigenvalue weighted by atomic mass is 10.2. The summed E-state index contributed by atoms with van der Waals surface area (Å²) in [5.41, 5.74) is 2.43. The van der Waals surface area contributed by atoms with E-state index < -0.39 is 6.10 Å². The molecule has 1 heterocycles. The molecule has 0 radical (unpaired) electrons. The number of amides is 1. The van der Waals surface area contributed by atoms with E-state index in [0.29, 0.717) is 11.5 Å². The standard InChI is InChI=1S/C16H19NO3S/c1-12-4-2-5-13(8-12)10-21-11-16(19)17-9-14(18)15-6-3-7-20-15/h2-8,14,18H,9-11H2,1H3,(H,17,19). The Labute approximate surface area is 128 Å². The number of hydrogen-bond donors (Lipinski definition) is 2. The first-order valence-corrected chi connectivity index (χ1v) is 7.92. The third kappa shape index (κ3) is 5.28. The molecule has 112 valence electrons. The fourth-order valence-electron chi connectivity index (χ4n) is 1.91. The van der Waals surface area contributed by atoms with E-state index in [1.165, 1.54) is 17.4 Å². The Hall–Kier alpha value is -1.72. The average Bonchev–Trinajstić information content (AvgIpc) is 2.99. The number of carbonyl (C=O) groups is 1. The quantitative estimate of drug-likeness (QED) is 0.825. The van der Waals surface area contributed by atoms with E-state index in [-0.39, 0.29) is 12.5 Å². The lowest BCUT2D eigenvalue weighted by molar-refractivity contribution is -0.119. The highest BCUT2D eigenvalue weighted by Gasteiger charge is 2.11. The molecule has 0 bridgehead atoms. The Morgan fingerprint density at radius 1 is 1.38 bits per heavy atom. The van der Waals surface area contributed by atoms with Crippen molar-refractivity contribution in [2.24, 2.45) is 0 Å². The van der Waals surface area contributed by atoms with Gasteiger partial charge in [0.15, 0.2) is 0 Å². The van der Waals surface area contributed by atoms with Gasteiger partial charge in [-0.25, -0.2) is 0 Å². The summed E-state index contributed by atoms with van der Waals surface area (Å²) in [7, 11) is 0. The van der Waals surface area contributed by atoms with Crippen LogP contribution < -0.4 is 5.32 Å². The summed E-state index contributed by atoms with van der Waals surface area (Å²) in [6.45, 7) is 2.22. The molecule has 1 aromatic carbocycles. The zero-order chi connectivity index (χ0) is 15.1. The first-order valence-electron chi connectivity index (χ1n) is 6.76. The van der Waals surface area contributed by atoms with Gasteiger partial charge < -0.3 is 14.8 Å². The number of benzene rings is 1. The van der Waals surface area contributed by atoms with Crippen LogP contribution in [-0.4, -0.2) is 23.3 Å². The normalized spacial score (nSPS) is 12.1. The number of hydrogen-bond acceptors (Lipinski definition) is 4. The summed E-state index contributed by atoms with van der Waals surface area (Å²) in [6, 6.07) is 11.6. The van der Waals surface area contributed by atoms with Crippen LogP contribution in [-0.2, 0) is 10.5 Å². The molecular formula is C16H19NO3S. The molecule has 4 nitrogen and oxygen atoms in total. The van der Waals surface area contributed by atoms with Gasteiger partial charge in [-0.1, -0.05) is 29.8 Å². The Morgan fingerprint density at radius 3 is 2.95 bits per heavy atom. The molecule has 0 saturated carbocycles. The van der Waals surface area contributed by atoms with Gasteiger partial charge in [-0.05, 0) is 24.6 Å². The molecule has 0 fully saturated rings. The summed E-state index contributed by atoms with van der Waals surface area (Å²) in [6.07, 6.45) is 0.698. The van der Waals surface area contributed by atoms with E-state index in [1.54, 1.807) is 23.9 Å². The number of aliphatic hydroxyl groups excluding tert-OH is 1. The van der Waals surface area contributed by atoms with Gasteiger partial charge in [0.1, 0.15) is 11.9 Å². The Bertz CT molecular complexity index is 569. The fourth-order valence-corrected chi connectivity index (χ4v) is 2.71. The van der Waals surface area contributed by atoms with Crippen LogP contribution in [0.3, 0.4) is 0 Å². The van der Waals surface area contributed by atoms with Crippen molar-refractivity contribution < 1.29 is 14.3 Å². The zero-order valence-electron chi connectivity index (χ0n) is 11.9. The minimum absolute atomic E-state index is 0.0849. The summed E-state index contributed by atoms with van der Waals surface area (Å²) in [5, 5.41) is 12.5. The highest BCUT2D eigenvalue weighted by Crippen LogP contribution is 2.14. The van der Waals surface area contributed by atoms with Crippen molar-refractivity contribution in [3.8, 4) is 0 Å². The van der Waals surface area contributed by atoms with Crippen LogP contribution in [0.2, 0.25) is 0 Å². The Kier molecular flexibility index (Phi) is 5.90. The van der Waals surface area contributed by atoms with E-state index >= 15 is 0 Å². The van der Waals surface area contributed by atoms with Gasteiger partial charge >= 0.3 is 0 Å². The number of rotatable bonds is 7. The van der Waals surface area contributed by atoms with E-state index in [0.717, 1.165) is 5.75 Å². The summed E-state index contributed by atoms with van der Waals surface area (Å²) >= 11 is 1.56. The SMILES string of the molecule is Cc1cccc(CSCC(=O)NCC(O)c2ccco2)c1. The molecule has 0 aliphatic rings. The molecule has 0 aliphatic heterocycles. The third-order valence-electron chi connectivity index (χ3n) is 2.95. The predicted molar refractivity (Wildman–Crippen MR) is 84.0 cm³/mol. The number of nitrogens with one attached hydrogen (secondary N) is 1. The molecular weight excluding hydrogens is 286 g/mol. The minimum Gasteiger partial charge on any atom is -0.467 e. The molecule has 1 atom stereocenters. The smallest absolute Gasteiger partial charge is 0.230 e. The highest BCUT2D eigenvalue weighted by molar-refractivity contribution is 7.99. The highest BCUT2D eigenvalue weighted by atomic mass is 32.2. The van der Waals surface area contributed by atoms with Crippen molar-refractivity contribution in [2.75, 3.05) is 12.3 Å². The average molecular weight is 305 g/mol. The summed E-state index contributed by atoms with van der Waals surface area (Å²) < 4.78 is 5.07. The van der Waals surface area contributed by atoms with Crippen molar-refractivity contribution in [1.29, 1.82) is 0 Å². The van der Waals surface area contributed by atoms with E-state index in [9.17, 15) is 9.90 Å². The third-order valence-corrected chi connectivity index (χ3v) is 3.95. The number of furan rings is 1. The molecule has 2 N–H and O–H groups in total. The first kappa shape index (κ1) is 15.7. The Balaban J connectivity index is 1.66. The molecule has 5 heteroatoms. The molecule has 2 rings (SSSR count). The van der Waals surface area contributed by atoms with Crippen LogP contribution in [0.1, 0.15) is 23.0 Å². The topological polar surface area (TPSA) is 62.5 Å². The van der Waals surface area contributed by atoms with Gasteiger partial charge in [0.2, 0.25) is 5.91 Å². The maximum absolute atomic E-state index is 11.7. The number of aryl methyl sites for hydroxylation is 1. The summed E-state index contributed by atoms with van der Waals surface area (Å²) in [4.78, 5) is 11.7. The molecule has 0 saturated heterocycles. The van der Waals surface area contributed by atoms with Gasteiger partial charge in [-0.2, -0.15) is 0 Å². The zero-order valence-corrected chi connectivity index (χ0v) is 12.7. The fraction of sp³-hybridized carbons (Fsp3) is 0.312. The molecule has 1 aromatic heterocycles. The van der Waals surface area contributed by atoms with Crippen molar-refractivity contribution >= 4 is 17.7 Å². The van der Waals surface area contributed by atoms with Crippen molar-refractivity contribution in [2.45, 2.75) is 18.8 Å². The van der Waals surface area contributed by atoms with Gasteiger partial charge in [-0.3, -0.25) is 4.79 Å². The van der Waals surface area contributed by atoms with Crippen LogP contribution in [0.5, 0.6) is 0 Å². The number of aliphatic hydroxyl groups is 1. The largest absolute Gasteiger partial charge is 0.467 e. The van der Waals surface area contributed by atoms with E-state index in [2.05, 4.69) is 30.4 Å². The molecule has 21 heavy (non-hydrogen) atoms. The van der Waals surface area contributed by atoms with Crippen LogP contribution in [0.25, 0.3) is 0 Å². The van der Waals surface area contributed by atoms with Crippen molar-refractivity contribution in [3.63, 3.8) is 0 Å². The maximum atomic E-state index is 11.7. The monoisotopic (exact) mass is 305 g/mol. The van der Waals surface area contributed by atoms with Gasteiger partial charge in [0.05, 0.1) is 18.6 Å². The molecule has 1 unspecified atom stereocenters. The van der Waals surface area contributed by atoms with Gasteiger partial charge in [0.25, 0.3) is 0 Å². The molecule has 1 amide bonds. The van der Waals surface area contributed by atoms with Crippen LogP contribution in [0.4, 0.5) is 0 Å². The van der Waals surface area contributed by atoms with Crippen molar-refractivity contribution in [3.05, 3.63) is 59.5 Å². The Morgan fingerprint density at radius 2 is 2.24 bits per heavy atom. The van der Waals surface area contributed by atoms with E-state index in [4.69, 9.17) is 4.42 Å². The molecule has 2 aromatic rings. The van der Waals surface area contributed by atoms with Crippen LogP contribution in [0.15, 0.2) is 47.1 Å². The second-order valence-electron chi connectivity index (χ2n) is 4.82. The van der Waals surface area contributed by atoms with Gasteiger partial charge in [-0.15, -0.1) is 11.8 Å². The number of thioether (sulfide) groups is 1. The van der Waals surface area contributed by atoms with Crippen LogP contribution >= 0.6 is 11.8 Å². The lowest BCUT2D eigenvalue weighted by Gasteiger charge is -2.09. The van der Waals surface area contributed by atoms with Crippen LogP contribution in [0, 0.1) is 6.92 Å². The first-order chi connectivity index (χ1) is 10.1. The van der Waals surface area contributed by atoms with Gasteiger partial charge in [0, 0.05) is 5.75 Å². The van der Waals surface area contributed by atoms with E-state index in [1.807, 2.05) is 6.07 Å². The van der Waals surface area contributed by atoms with Crippen molar-refractivity contribution in [1.82, 2.24) is 5.32 Å². The maximum Gasteiger partial charge on any atom is 0.230 e. The number of carbonyl (C=O) groups excluding carboxylic acids is 1.